The fourth-order valence-corrected chi connectivity index (χ4v) is 16.3. The van der Waals surface area contributed by atoms with Crippen LogP contribution in [0, 0.1) is 26.0 Å². The quantitative estimate of drug-likeness (QED) is 0.00447. The molecule has 0 atom stereocenters. The summed E-state index contributed by atoms with van der Waals surface area (Å²) in [6.45, 7) is 4.66. The highest BCUT2D eigenvalue weighted by atomic mass is 32.2. The fraction of sp³-hybridized carbons (Fsp3) is 0.208. The average molecular weight is 2180 g/mol. The molecule has 0 aliphatic heterocycles. The van der Waals surface area contributed by atoms with Gasteiger partial charge in [-0.1, -0.05) is 60.7 Å². The lowest BCUT2D eigenvalue weighted by Crippen LogP contribution is -2.24. The van der Waals surface area contributed by atoms with Gasteiger partial charge in [-0.2, -0.15) is 104 Å². The van der Waals surface area contributed by atoms with Gasteiger partial charge in [0.25, 0.3) is 40.9 Å². The number of halogens is 22. The van der Waals surface area contributed by atoms with Crippen molar-refractivity contribution in [3.05, 3.63) is 371 Å². The van der Waals surface area contributed by atoms with E-state index in [4.69, 9.17) is 10.5 Å². The zero-order valence-corrected chi connectivity index (χ0v) is 80.9. The first-order valence-corrected chi connectivity index (χ1v) is 47.6. The largest absolute Gasteiger partial charge is 0.460 e. The van der Waals surface area contributed by atoms with Gasteiger partial charge < -0.3 is 37.1 Å². The number of rotatable bonds is 31. The summed E-state index contributed by atoms with van der Waals surface area (Å²) in [7, 11) is 0. The van der Waals surface area contributed by atoms with Crippen molar-refractivity contribution < 1.29 is 140 Å². The Hall–Kier alpha value is -15.1. The third kappa shape index (κ3) is 37.3. The first-order valence-electron chi connectivity index (χ1n) is 43.4. The van der Waals surface area contributed by atoms with Crippen molar-refractivity contribution in [1.82, 2.24) is 41.2 Å². The van der Waals surface area contributed by atoms with Crippen molar-refractivity contribution in [2.24, 2.45) is 0 Å². The molecule has 0 aliphatic rings. The molecule has 7 N–H and O–H groups in total. The molecule has 0 radical (unpaired) electrons. The minimum Gasteiger partial charge on any atom is -0.460 e. The highest BCUT2D eigenvalue weighted by molar-refractivity contribution is 8.00. The second-order valence-electron chi connectivity index (χ2n) is 32.8. The van der Waals surface area contributed by atoms with Crippen LogP contribution in [0.25, 0.3) is 45.0 Å². The number of nitrogen functional groups attached to an aromatic ring is 1. The number of carbonyl (C=O) groups excluding carboxylic acids is 6. The Bertz CT molecular complexity index is 7030. The maximum Gasteiger partial charge on any atom is 0.416 e. The minimum atomic E-state index is -4.55. The number of nitro groups is 2. The van der Waals surface area contributed by atoms with E-state index in [2.05, 4.69) is 46.5 Å². The van der Waals surface area contributed by atoms with E-state index in [-0.39, 0.29) is 149 Å². The van der Waals surface area contributed by atoms with Crippen molar-refractivity contribution in [2.45, 2.75) is 123 Å². The number of nitrogens with two attached hydrogens (primary N) is 1. The Balaban J connectivity index is 0.000000209. The molecule has 0 saturated heterocycles. The number of carbonyl (C=O) groups is 6. The molecule has 0 fully saturated rings. The van der Waals surface area contributed by atoms with E-state index in [0.29, 0.717) is 62.8 Å². The predicted octanol–water partition coefficient (Wildman–Crippen LogP) is 26.5. The SMILES string of the molecule is CC(C)(C)OC(=O)CCSCc1cccc(C(=O)Nc2ccc(SCC(F)(F)F)cc2-c2cc(C(=O)NCc3cccc(C(F)(F)F)c3)ccn2)c1.Nc1ccc(SCC(F)(F)F)cc1-c1cc(C(=O)NCc2cccc(C(F)(F)F)c2)ccn1.O=C(NCc1cccc(C(F)(F)F)c1)c1ccnc(-c2cc(F)ccc2[N+](=O)[O-])c1.O=C(NCc1cccc(C(F)(F)F)c1)c1ccnc(-c2cc(SCC(F)(F)F)ccc2[N+](=O)[O-])c1. The van der Waals surface area contributed by atoms with E-state index < -0.39 is 139 Å². The molecule has 788 valence electrons. The van der Waals surface area contributed by atoms with Gasteiger partial charge in [0.05, 0.1) is 95.4 Å². The second kappa shape index (κ2) is 51.2. The first kappa shape index (κ1) is 117. The van der Waals surface area contributed by atoms with E-state index in [1.807, 2.05) is 6.07 Å². The van der Waals surface area contributed by atoms with Gasteiger partial charge in [0.2, 0.25) is 0 Å². The van der Waals surface area contributed by atoms with Crippen molar-refractivity contribution >= 4 is 105 Å². The number of ether oxygens (including phenoxy) is 1. The van der Waals surface area contributed by atoms with Crippen LogP contribution in [0.5, 0.6) is 0 Å². The molecule has 0 bridgehead atoms. The highest BCUT2D eigenvalue weighted by Gasteiger charge is 2.37. The number of benzene rings is 9. The maximum atomic E-state index is 13.6. The molecule has 0 unspecified atom stereocenters. The van der Waals surface area contributed by atoms with Crippen LogP contribution >= 0.6 is 47.0 Å². The summed E-state index contributed by atoms with van der Waals surface area (Å²) in [5.74, 6) is -6.41. The number of hydrogen-bond acceptors (Lipinski definition) is 20. The molecule has 0 spiro atoms. The van der Waals surface area contributed by atoms with Crippen LogP contribution in [0.3, 0.4) is 0 Å². The van der Waals surface area contributed by atoms with Crippen LogP contribution in [-0.4, -0.2) is 112 Å². The molecule has 13 aromatic rings. The Kier molecular flexibility index (Phi) is 39.8. The number of nitrogens with one attached hydrogen (secondary N) is 5. The third-order valence-electron chi connectivity index (χ3n) is 20.1. The van der Waals surface area contributed by atoms with Crippen molar-refractivity contribution in [2.75, 3.05) is 34.1 Å². The normalized spacial score (nSPS) is 11.8. The van der Waals surface area contributed by atoms with Gasteiger partial charge in [-0.05, 0) is 218 Å². The van der Waals surface area contributed by atoms with E-state index >= 15 is 0 Å². The zero-order chi connectivity index (χ0) is 110. The van der Waals surface area contributed by atoms with Gasteiger partial charge in [0.15, 0.2) is 0 Å². The third-order valence-corrected chi connectivity index (χ3v) is 24.3. The molecule has 9 aromatic carbocycles. The number of esters is 1. The standard InChI is InChI=1S/C37H35F6N3O4S2.C22H15F6N3O3S.C22H17F6N3OS.C20H13F4N3O3/c1-35(2,3)50-32(47)13-15-51-21-24-7-4-8-25(16-24)34(49)46-30-11-10-28(52-22-36(38,39)40)19-29(30)31-18-26(12-14-44-31)33(48)45-20-23-6-5-9-27(17-23)37(41,42)43;23-21(24,25)12-35-16-4-5-19(31(33)34)17(10-16)18-9-14(6-7-29-18)20(32)30-11-13-2-1-3-15(8-13)22(26,27)28;23-21(24,25)12-33-16-4-5-18(29)17(10-16)19-9-14(6-7-30-19)20(32)31-11-13-2-1-3-15(8-13)22(26,27)28;21-15-4-5-18(27(29)30)16(10-15)17-9-13(6-7-25-17)19(28)26-11-12-2-1-3-14(8-12)20(22,23)24/h4-12,14,16-19H,13,15,20-22H2,1-3H3,(H,45,48)(H,46,49);1-10H,11-12H2,(H,30,32);1-10H,11-12,29H2,(H,31,32);1-10H,11H2,(H,26,28). The molecule has 49 heteroatoms. The van der Waals surface area contributed by atoms with Crippen LogP contribution in [0.2, 0.25) is 0 Å². The topological polar surface area (TPSA) is 336 Å². The second-order valence-corrected chi connectivity index (χ2v) is 37.1. The lowest BCUT2D eigenvalue weighted by Gasteiger charge is -2.19. The van der Waals surface area contributed by atoms with E-state index in [9.17, 15) is 146 Å². The number of alkyl halides is 21. The Morgan fingerprint density at radius 2 is 0.667 bits per heavy atom. The van der Waals surface area contributed by atoms with Crippen molar-refractivity contribution in [3.63, 3.8) is 0 Å². The average Bonchev–Trinajstić information content (AvgIpc) is 0.528. The van der Waals surface area contributed by atoms with Gasteiger partial charge in [-0.25, -0.2) is 4.39 Å². The summed E-state index contributed by atoms with van der Waals surface area (Å²) in [4.78, 5) is 114. The predicted molar refractivity (Wildman–Crippen MR) is 518 cm³/mol. The van der Waals surface area contributed by atoms with Crippen molar-refractivity contribution in [3.8, 4) is 45.0 Å². The van der Waals surface area contributed by atoms with Crippen LogP contribution in [0.4, 0.5) is 119 Å². The number of hydrogen-bond donors (Lipinski definition) is 6. The number of amides is 5. The maximum absolute atomic E-state index is 13.6. The Morgan fingerprint density at radius 1 is 0.353 bits per heavy atom. The summed E-state index contributed by atoms with van der Waals surface area (Å²) < 4.78 is 288. The highest BCUT2D eigenvalue weighted by Crippen LogP contribution is 2.42. The zero-order valence-electron chi connectivity index (χ0n) is 77.7. The number of aromatic nitrogens is 4. The lowest BCUT2D eigenvalue weighted by atomic mass is 10.1. The van der Waals surface area contributed by atoms with Crippen LogP contribution in [0.15, 0.2) is 282 Å². The van der Waals surface area contributed by atoms with E-state index in [1.54, 1.807) is 39.0 Å². The summed E-state index contributed by atoms with van der Waals surface area (Å²) in [5.41, 5.74) is 4.87. The van der Waals surface area contributed by atoms with Crippen LogP contribution < -0.4 is 32.3 Å². The Labute approximate surface area is 854 Å². The molecule has 23 nitrogen and oxygen atoms in total. The van der Waals surface area contributed by atoms with Gasteiger partial charge in [0, 0.05) is 134 Å². The molecule has 0 aliphatic carbocycles. The lowest BCUT2D eigenvalue weighted by molar-refractivity contribution is -0.384. The molecule has 0 saturated carbocycles. The molecular formula is C101H80F22N12O11S4. The van der Waals surface area contributed by atoms with Crippen molar-refractivity contribution in [1.29, 1.82) is 0 Å². The number of nitrogens with zero attached hydrogens (tertiary/aromatic N) is 6. The number of pyridine rings is 4. The smallest absolute Gasteiger partial charge is 0.416 e. The van der Waals surface area contributed by atoms with Crippen LogP contribution in [-0.2, 0) is 66.2 Å². The van der Waals surface area contributed by atoms with Gasteiger partial charge in [-0.15, -0.1) is 35.3 Å². The number of nitro benzene ring substituents is 2. The van der Waals surface area contributed by atoms with Crippen LogP contribution in [0.1, 0.15) is 129 Å². The molecule has 4 aromatic heterocycles. The molecule has 4 heterocycles. The fourth-order valence-electron chi connectivity index (χ4n) is 13.3. The van der Waals surface area contributed by atoms with Gasteiger partial charge >= 0.3 is 49.2 Å². The van der Waals surface area contributed by atoms with E-state index in [0.717, 1.165) is 78.4 Å². The molecule has 5 amide bonds. The summed E-state index contributed by atoms with van der Waals surface area (Å²) >= 11 is 3.07. The summed E-state index contributed by atoms with van der Waals surface area (Å²) in [6, 6.07) is 50.5. The molecule has 150 heavy (non-hydrogen) atoms. The number of thioether (sulfide) groups is 4. The summed E-state index contributed by atoms with van der Waals surface area (Å²) in [5, 5.41) is 35.5. The van der Waals surface area contributed by atoms with Gasteiger partial charge in [-0.3, -0.25) is 68.9 Å². The first-order chi connectivity index (χ1) is 70.3. The number of anilines is 2. The molecular weight excluding hydrogens is 2100 g/mol. The monoisotopic (exact) mass is 2180 g/mol. The summed E-state index contributed by atoms with van der Waals surface area (Å²) in [6.07, 6.45) is -26.0. The molecule has 13 rings (SSSR count). The Morgan fingerprint density at radius 3 is 1.03 bits per heavy atom. The van der Waals surface area contributed by atoms with Gasteiger partial charge in [0.1, 0.15) is 11.4 Å². The van der Waals surface area contributed by atoms with E-state index in [1.165, 1.54) is 182 Å². The minimum absolute atomic E-state index is 0.00428.